The Balaban J connectivity index is 3.27. The molecule has 0 atom stereocenters. The van der Waals surface area contributed by atoms with Gasteiger partial charge >= 0.3 is 6.18 Å². The van der Waals surface area contributed by atoms with Crippen LogP contribution in [-0.2, 0) is 11.0 Å². The molecule has 0 saturated heterocycles. The molecule has 0 radical (unpaired) electrons. The molecule has 0 aromatic carbocycles. The molecule has 0 unspecified atom stereocenters. The molecule has 1 aromatic heterocycles. The first-order valence-corrected chi connectivity index (χ1v) is 4.03. The molecule has 5 nitrogen and oxygen atoms in total. The molecule has 0 fully saturated rings. The Morgan fingerprint density at radius 3 is 2.56 bits per heavy atom. The van der Waals surface area contributed by atoms with E-state index in [1.165, 1.54) is 0 Å². The lowest BCUT2D eigenvalue weighted by Crippen LogP contribution is -2.15. The van der Waals surface area contributed by atoms with Crippen molar-refractivity contribution < 1.29 is 18.0 Å². The zero-order valence-electron chi connectivity index (χ0n) is 8.00. The second-order valence-electron chi connectivity index (χ2n) is 2.86. The molecule has 1 aromatic rings. The van der Waals surface area contributed by atoms with Gasteiger partial charge in [0.25, 0.3) is 0 Å². The van der Waals surface area contributed by atoms with E-state index in [1.807, 2.05) is 5.32 Å². The largest absolute Gasteiger partial charge is 0.420 e. The molecule has 0 spiro atoms. The molecule has 0 aliphatic carbocycles. The Morgan fingerprint density at radius 2 is 2.12 bits per heavy atom. The first-order valence-electron chi connectivity index (χ1n) is 4.03. The quantitative estimate of drug-likeness (QED) is 0.797. The molecular weight excluding hydrogens is 227 g/mol. The summed E-state index contributed by atoms with van der Waals surface area (Å²) in [7, 11) is 0. The van der Waals surface area contributed by atoms with E-state index in [1.54, 1.807) is 0 Å². The second-order valence-corrected chi connectivity index (χ2v) is 2.86. The van der Waals surface area contributed by atoms with E-state index in [4.69, 9.17) is 0 Å². The number of nitroso groups, excluding NO2 is 1. The number of nitrogens with one attached hydrogen (secondary N) is 1. The lowest BCUT2D eigenvalue weighted by atomic mass is 10.2. The first kappa shape index (κ1) is 12.1. The van der Waals surface area contributed by atoms with Crippen molar-refractivity contribution in [3.63, 3.8) is 0 Å². The third-order valence-electron chi connectivity index (χ3n) is 1.58. The average Bonchev–Trinajstić information content (AvgIpc) is 2.15. The number of amides is 1. The number of hydrogen-bond donors (Lipinski definition) is 1. The van der Waals surface area contributed by atoms with E-state index in [0.29, 0.717) is 6.07 Å². The standard InChI is InChI=1S/C8H6F3N3O2/c1-4(15)13-7-6(8(9,10)11)2-5(14-16)3-12-7/h2-3H,1H3,(H,12,13,15). The van der Waals surface area contributed by atoms with Crippen LogP contribution in [-0.4, -0.2) is 10.9 Å². The number of rotatable bonds is 2. The van der Waals surface area contributed by atoms with Crippen molar-refractivity contribution in [1.82, 2.24) is 4.98 Å². The van der Waals surface area contributed by atoms with Gasteiger partial charge in [0.15, 0.2) is 0 Å². The zero-order chi connectivity index (χ0) is 12.3. The average molecular weight is 233 g/mol. The Labute approximate surface area is 87.6 Å². The van der Waals surface area contributed by atoms with Gasteiger partial charge in [-0.05, 0) is 11.2 Å². The highest BCUT2D eigenvalue weighted by molar-refractivity contribution is 5.88. The first-order chi connectivity index (χ1) is 7.34. The van der Waals surface area contributed by atoms with Crippen LogP contribution in [0.1, 0.15) is 12.5 Å². The second kappa shape index (κ2) is 4.25. The topological polar surface area (TPSA) is 71.4 Å². The fraction of sp³-hybridized carbons (Fsp3) is 0.250. The Morgan fingerprint density at radius 1 is 1.50 bits per heavy atom. The van der Waals surface area contributed by atoms with Gasteiger partial charge in [-0.1, -0.05) is 0 Å². The number of nitrogens with zero attached hydrogens (tertiary/aromatic N) is 2. The molecule has 8 heteroatoms. The fourth-order valence-electron chi connectivity index (χ4n) is 0.986. The molecular formula is C8H6F3N3O2. The van der Waals surface area contributed by atoms with Crippen molar-refractivity contribution in [2.24, 2.45) is 5.18 Å². The Bertz CT molecular complexity index is 431. The summed E-state index contributed by atoms with van der Waals surface area (Å²) in [6.07, 6.45) is -3.88. The Hall–Kier alpha value is -1.99. The predicted octanol–water partition coefficient (Wildman–Crippen LogP) is 2.46. The number of halogens is 3. The third-order valence-corrected chi connectivity index (χ3v) is 1.58. The van der Waals surface area contributed by atoms with Crippen molar-refractivity contribution in [1.29, 1.82) is 0 Å². The van der Waals surface area contributed by atoms with Crippen LogP contribution in [0.5, 0.6) is 0 Å². The maximum atomic E-state index is 12.5. The summed E-state index contributed by atoms with van der Waals surface area (Å²) in [5, 5.41) is 4.26. The van der Waals surface area contributed by atoms with Gasteiger partial charge in [0.05, 0.1) is 6.20 Å². The van der Waals surface area contributed by atoms with Crippen LogP contribution >= 0.6 is 0 Å². The number of anilines is 1. The van der Waals surface area contributed by atoms with Gasteiger partial charge in [0.2, 0.25) is 5.91 Å². The summed E-state index contributed by atoms with van der Waals surface area (Å²) >= 11 is 0. The fourth-order valence-corrected chi connectivity index (χ4v) is 0.986. The van der Waals surface area contributed by atoms with Crippen molar-refractivity contribution in [2.45, 2.75) is 13.1 Å². The van der Waals surface area contributed by atoms with Crippen molar-refractivity contribution >= 4 is 17.4 Å². The van der Waals surface area contributed by atoms with Crippen LogP contribution < -0.4 is 5.32 Å². The van der Waals surface area contributed by atoms with Crippen molar-refractivity contribution in [3.05, 3.63) is 22.7 Å². The lowest BCUT2D eigenvalue weighted by Gasteiger charge is -2.11. The molecule has 0 bridgehead atoms. The number of carbonyl (C=O) groups is 1. The number of aromatic nitrogens is 1. The molecule has 16 heavy (non-hydrogen) atoms. The van der Waals surface area contributed by atoms with Crippen LogP contribution in [0.4, 0.5) is 24.7 Å². The monoisotopic (exact) mass is 233 g/mol. The van der Waals surface area contributed by atoms with Gasteiger partial charge in [-0.25, -0.2) is 4.98 Å². The van der Waals surface area contributed by atoms with E-state index < -0.39 is 29.2 Å². The van der Waals surface area contributed by atoms with E-state index in [2.05, 4.69) is 10.2 Å². The highest BCUT2D eigenvalue weighted by Crippen LogP contribution is 2.35. The van der Waals surface area contributed by atoms with E-state index in [9.17, 15) is 22.9 Å². The van der Waals surface area contributed by atoms with Crippen LogP contribution in [0.15, 0.2) is 17.4 Å². The molecule has 1 rings (SSSR count). The molecule has 0 saturated carbocycles. The minimum atomic E-state index is -4.72. The summed E-state index contributed by atoms with van der Waals surface area (Å²) < 4.78 is 37.4. The van der Waals surface area contributed by atoms with Crippen molar-refractivity contribution in [3.8, 4) is 0 Å². The van der Waals surface area contributed by atoms with Crippen molar-refractivity contribution in [2.75, 3.05) is 5.32 Å². The number of pyridine rings is 1. The summed E-state index contributed by atoms with van der Waals surface area (Å²) in [5.41, 5.74) is -1.67. The summed E-state index contributed by atoms with van der Waals surface area (Å²) in [5.74, 6) is -1.34. The predicted molar refractivity (Wildman–Crippen MR) is 49.0 cm³/mol. The van der Waals surface area contributed by atoms with Gasteiger partial charge in [-0.2, -0.15) is 13.2 Å². The Kier molecular flexibility index (Phi) is 3.21. The van der Waals surface area contributed by atoms with Gasteiger partial charge in [0, 0.05) is 6.92 Å². The number of hydrogen-bond acceptors (Lipinski definition) is 4. The number of carbonyl (C=O) groups excluding carboxylic acids is 1. The zero-order valence-corrected chi connectivity index (χ0v) is 8.00. The summed E-state index contributed by atoms with van der Waals surface area (Å²) in [6.45, 7) is 1.05. The highest BCUT2D eigenvalue weighted by Gasteiger charge is 2.35. The SMILES string of the molecule is CC(=O)Nc1ncc(N=O)cc1C(F)(F)F. The highest BCUT2D eigenvalue weighted by atomic mass is 19.4. The van der Waals surface area contributed by atoms with E-state index in [0.717, 1.165) is 13.1 Å². The third kappa shape index (κ3) is 2.75. The lowest BCUT2D eigenvalue weighted by molar-refractivity contribution is -0.137. The molecule has 0 aliphatic rings. The molecule has 1 N–H and O–H groups in total. The van der Waals surface area contributed by atoms with Crippen LogP contribution in [0.3, 0.4) is 0 Å². The molecule has 1 heterocycles. The smallest absolute Gasteiger partial charge is 0.310 e. The molecule has 1 amide bonds. The van der Waals surface area contributed by atoms with Gasteiger partial charge in [-0.15, -0.1) is 4.91 Å². The van der Waals surface area contributed by atoms with Gasteiger partial charge in [0.1, 0.15) is 17.1 Å². The maximum absolute atomic E-state index is 12.5. The molecule has 86 valence electrons. The summed E-state index contributed by atoms with van der Waals surface area (Å²) in [6, 6.07) is 0.519. The van der Waals surface area contributed by atoms with Gasteiger partial charge in [-0.3, -0.25) is 4.79 Å². The normalized spacial score (nSPS) is 11.0. The van der Waals surface area contributed by atoms with Gasteiger partial charge < -0.3 is 5.32 Å². The minimum Gasteiger partial charge on any atom is -0.310 e. The van der Waals surface area contributed by atoms with Crippen LogP contribution in [0.25, 0.3) is 0 Å². The maximum Gasteiger partial charge on any atom is 0.420 e. The molecule has 0 aliphatic heterocycles. The van der Waals surface area contributed by atoms with Crippen LogP contribution in [0.2, 0.25) is 0 Å². The van der Waals surface area contributed by atoms with E-state index in [-0.39, 0.29) is 0 Å². The minimum absolute atomic E-state index is 0.457. The van der Waals surface area contributed by atoms with Crippen LogP contribution in [0, 0.1) is 4.91 Å². The van der Waals surface area contributed by atoms with E-state index >= 15 is 0 Å². The number of alkyl halides is 3. The summed E-state index contributed by atoms with van der Waals surface area (Å²) in [4.78, 5) is 24.0.